The van der Waals surface area contributed by atoms with Crippen molar-refractivity contribution in [1.82, 2.24) is 5.32 Å². The molecule has 1 unspecified atom stereocenters. The molecule has 3 N–H and O–H groups in total. The van der Waals surface area contributed by atoms with Crippen LogP contribution in [0.25, 0.3) is 0 Å². The van der Waals surface area contributed by atoms with Gasteiger partial charge in [0.1, 0.15) is 0 Å². The quantitative estimate of drug-likeness (QED) is 0.780. The van der Waals surface area contributed by atoms with Gasteiger partial charge < -0.3 is 20.7 Å². The van der Waals surface area contributed by atoms with E-state index in [0.29, 0.717) is 19.6 Å². The molecule has 1 aliphatic heterocycles. The fraction of sp³-hybridized carbons (Fsp3) is 0.467. The second kappa shape index (κ2) is 7.19. The standard InChI is InChI=1S/C15H21N3O3/c1-10-7-12(3-4-14(10)17-11(2)19)18-15(20)8-13-9-21-6-5-16-13/h3-4,7,13,16H,5-6,8-9H2,1-2H3,(H,17,19)(H,18,20). The van der Waals surface area contributed by atoms with E-state index in [1.165, 1.54) is 6.92 Å². The minimum Gasteiger partial charge on any atom is -0.378 e. The zero-order valence-corrected chi connectivity index (χ0v) is 12.4. The summed E-state index contributed by atoms with van der Waals surface area (Å²) >= 11 is 0. The predicted molar refractivity (Wildman–Crippen MR) is 81.3 cm³/mol. The Morgan fingerprint density at radius 1 is 1.38 bits per heavy atom. The molecular weight excluding hydrogens is 270 g/mol. The molecular formula is C15H21N3O3. The van der Waals surface area contributed by atoms with E-state index in [1.807, 2.05) is 13.0 Å². The second-order valence-corrected chi connectivity index (χ2v) is 5.19. The lowest BCUT2D eigenvalue weighted by Gasteiger charge is -2.23. The molecule has 6 nitrogen and oxygen atoms in total. The number of amides is 2. The van der Waals surface area contributed by atoms with E-state index in [9.17, 15) is 9.59 Å². The number of benzene rings is 1. The summed E-state index contributed by atoms with van der Waals surface area (Å²) in [6.07, 6.45) is 0.381. The van der Waals surface area contributed by atoms with Crippen molar-refractivity contribution in [3.8, 4) is 0 Å². The van der Waals surface area contributed by atoms with Gasteiger partial charge in [0.05, 0.1) is 13.2 Å². The first-order valence-electron chi connectivity index (χ1n) is 7.04. The first-order chi connectivity index (χ1) is 10.0. The van der Waals surface area contributed by atoms with Crippen LogP contribution in [0.1, 0.15) is 18.9 Å². The lowest BCUT2D eigenvalue weighted by molar-refractivity contribution is -0.117. The van der Waals surface area contributed by atoms with Crippen molar-refractivity contribution in [1.29, 1.82) is 0 Å². The number of aryl methyl sites for hydroxylation is 1. The first kappa shape index (κ1) is 15.5. The van der Waals surface area contributed by atoms with E-state index in [2.05, 4.69) is 16.0 Å². The van der Waals surface area contributed by atoms with E-state index in [4.69, 9.17) is 4.74 Å². The zero-order chi connectivity index (χ0) is 15.2. The molecule has 0 spiro atoms. The van der Waals surface area contributed by atoms with Crippen LogP contribution in [0.2, 0.25) is 0 Å². The lowest BCUT2D eigenvalue weighted by Crippen LogP contribution is -2.43. The maximum atomic E-state index is 12.0. The third-order valence-corrected chi connectivity index (χ3v) is 3.25. The van der Waals surface area contributed by atoms with E-state index < -0.39 is 0 Å². The number of hydrogen-bond donors (Lipinski definition) is 3. The van der Waals surface area contributed by atoms with Crippen LogP contribution in [0.15, 0.2) is 18.2 Å². The number of nitrogens with one attached hydrogen (secondary N) is 3. The largest absolute Gasteiger partial charge is 0.378 e. The number of hydrogen-bond acceptors (Lipinski definition) is 4. The van der Waals surface area contributed by atoms with Crippen molar-refractivity contribution in [2.75, 3.05) is 30.4 Å². The molecule has 114 valence electrons. The molecule has 1 atom stereocenters. The van der Waals surface area contributed by atoms with Gasteiger partial charge in [-0.15, -0.1) is 0 Å². The molecule has 0 aliphatic carbocycles. The van der Waals surface area contributed by atoms with Gasteiger partial charge >= 0.3 is 0 Å². The molecule has 0 bridgehead atoms. The average molecular weight is 291 g/mol. The third-order valence-electron chi connectivity index (χ3n) is 3.25. The minimum absolute atomic E-state index is 0.0512. The topological polar surface area (TPSA) is 79.5 Å². The second-order valence-electron chi connectivity index (χ2n) is 5.19. The summed E-state index contributed by atoms with van der Waals surface area (Å²) in [6, 6.07) is 5.47. The Balaban J connectivity index is 1.91. The molecule has 2 amide bonds. The fourth-order valence-electron chi connectivity index (χ4n) is 2.26. The molecule has 0 aromatic heterocycles. The smallest absolute Gasteiger partial charge is 0.226 e. The summed E-state index contributed by atoms with van der Waals surface area (Å²) in [5.74, 6) is -0.164. The van der Waals surface area contributed by atoms with Crippen LogP contribution in [0.3, 0.4) is 0 Å². The monoisotopic (exact) mass is 291 g/mol. The predicted octanol–water partition coefficient (Wildman–Crippen LogP) is 1.27. The van der Waals surface area contributed by atoms with Crippen LogP contribution in [0, 0.1) is 6.92 Å². The molecule has 1 aliphatic rings. The molecule has 1 aromatic carbocycles. The number of carbonyl (C=O) groups is 2. The van der Waals surface area contributed by atoms with Crippen molar-refractivity contribution < 1.29 is 14.3 Å². The number of carbonyl (C=O) groups excluding carboxylic acids is 2. The Labute approximate surface area is 124 Å². The van der Waals surface area contributed by atoms with Crippen molar-refractivity contribution in [3.63, 3.8) is 0 Å². The van der Waals surface area contributed by atoms with E-state index in [1.54, 1.807) is 12.1 Å². The van der Waals surface area contributed by atoms with Crippen molar-refractivity contribution in [3.05, 3.63) is 23.8 Å². The van der Waals surface area contributed by atoms with Gasteiger partial charge in [-0.3, -0.25) is 9.59 Å². The van der Waals surface area contributed by atoms with Crippen LogP contribution in [0.5, 0.6) is 0 Å². The van der Waals surface area contributed by atoms with Gasteiger partial charge in [0.15, 0.2) is 0 Å². The van der Waals surface area contributed by atoms with Crippen molar-refractivity contribution in [2.24, 2.45) is 0 Å². The highest BCUT2D eigenvalue weighted by Gasteiger charge is 2.17. The van der Waals surface area contributed by atoms with Crippen molar-refractivity contribution in [2.45, 2.75) is 26.3 Å². The fourth-order valence-corrected chi connectivity index (χ4v) is 2.26. The van der Waals surface area contributed by atoms with Crippen LogP contribution in [-0.2, 0) is 14.3 Å². The van der Waals surface area contributed by atoms with Gasteiger partial charge in [0.2, 0.25) is 11.8 Å². The summed E-state index contributed by atoms with van der Waals surface area (Å²) in [6.45, 7) is 5.39. The number of rotatable bonds is 4. The third kappa shape index (κ3) is 4.84. The van der Waals surface area contributed by atoms with Gasteiger partial charge in [-0.1, -0.05) is 0 Å². The molecule has 0 radical (unpaired) electrons. The van der Waals surface area contributed by atoms with Crippen LogP contribution >= 0.6 is 0 Å². The van der Waals surface area contributed by atoms with Gasteiger partial charge in [-0.2, -0.15) is 0 Å². The first-order valence-corrected chi connectivity index (χ1v) is 7.04. The summed E-state index contributed by atoms with van der Waals surface area (Å²) in [5.41, 5.74) is 2.38. The number of ether oxygens (including phenoxy) is 1. The maximum absolute atomic E-state index is 12.0. The molecule has 21 heavy (non-hydrogen) atoms. The Kier molecular flexibility index (Phi) is 5.30. The molecule has 1 saturated heterocycles. The molecule has 1 fully saturated rings. The zero-order valence-electron chi connectivity index (χ0n) is 12.4. The van der Waals surface area contributed by atoms with E-state index in [0.717, 1.165) is 23.5 Å². The van der Waals surface area contributed by atoms with Crippen molar-refractivity contribution >= 4 is 23.2 Å². The maximum Gasteiger partial charge on any atom is 0.226 e. The van der Waals surface area contributed by atoms with Gasteiger partial charge in [-0.25, -0.2) is 0 Å². The Hall–Kier alpha value is -1.92. The lowest BCUT2D eigenvalue weighted by atomic mass is 10.1. The summed E-state index contributed by atoms with van der Waals surface area (Å²) in [4.78, 5) is 23.0. The van der Waals surface area contributed by atoms with E-state index in [-0.39, 0.29) is 17.9 Å². The number of anilines is 2. The molecule has 6 heteroatoms. The minimum atomic E-state index is -0.113. The normalized spacial score (nSPS) is 18.1. The van der Waals surface area contributed by atoms with Crippen LogP contribution < -0.4 is 16.0 Å². The average Bonchev–Trinajstić information content (AvgIpc) is 2.42. The highest BCUT2D eigenvalue weighted by molar-refractivity contribution is 5.93. The highest BCUT2D eigenvalue weighted by Crippen LogP contribution is 2.20. The Morgan fingerprint density at radius 3 is 2.81 bits per heavy atom. The number of morpholine rings is 1. The highest BCUT2D eigenvalue weighted by atomic mass is 16.5. The SMILES string of the molecule is CC(=O)Nc1ccc(NC(=O)CC2COCCN2)cc1C. The van der Waals surface area contributed by atoms with Crippen LogP contribution in [-0.4, -0.2) is 37.6 Å². The molecule has 0 saturated carbocycles. The molecule has 1 aromatic rings. The molecule has 2 rings (SSSR count). The van der Waals surface area contributed by atoms with Gasteiger partial charge in [-0.05, 0) is 30.7 Å². The Bertz CT molecular complexity index is 525. The summed E-state index contributed by atoms with van der Waals surface area (Å²) in [7, 11) is 0. The van der Waals surface area contributed by atoms with Gasteiger partial charge in [0, 0.05) is 37.3 Å². The Morgan fingerprint density at radius 2 is 2.19 bits per heavy atom. The molecule has 1 heterocycles. The summed E-state index contributed by atoms with van der Waals surface area (Å²) in [5, 5.41) is 8.85. The summed E-state index contributed by atoms with van der Waals surface area (Å²) < 4.78 is 5.32. The van der Waals surface area contributed by atoms with E-state index >= 15 is 0 Å². The van der Waals surface area contributed by atoms with Crippen LogP contribution in [0.4, 0.5) is 11.4 Å². The van der Waals surface area contributed by atoms with Gasteiger partial charge in [0.25, 0.3) is 0 Å².